The van der Waals surface area contributed by atoms with Gasteiger partial charge in [0.1, 0.15) is 16.7 Å². The summed E-state index contributed by atoms with van der Waals surface area (Å²) in [6.07, 6.45) is 4.19. The van der Waals surface area contributed by atoms with Crippen LogP contribution in [0.3, 0.4) is 0 Å². The second-order valence-corrected chi connectivity index (χ2v) is 4.56. The van der Waals surface area contributed by atoms with Crippen LogP contribution in [0.25, 0.3) is 0 Å². The Morgan fingerprint density at radius 2 is 2.31 bits per heavy atom. The summed E-state index contributed by atoms with van der Waals surface area (Å²) in [5.74, 6) is 0.823. The number of rotatable bonds is 5. The van der Waals surface area contributed by atoms with Gasteiger partial charge in [0, 0.05) is 25.1 Å². The number of nitrogens with one attached hydrogen (secondary N) is 2. The number of halogens is 1. The van der Waals surface area contributed by atoms with Gasteiger partial charge in [-0.05, 0) is 28.8 Å². The van der Waals surface area contributed by atoms with Gasteiger partial charge >= 0.3 is 0 Å². The molecule has 0 bridgehead atoms. The summed E-state index contributed by atoms with van der Waals surface area (Å²) in [6, 6.07) is 2.21. The predicted octanol–water partition coefficient (Wildman–Crippen LogP) is 1.32. The van der Waals surface area contributed by atoms with Gasteiger partial charge in [0.05, 0.1) is 0 Å². The van der Waals surface area contributed by atoms with Crippen LogP contribution in [0.2, 0.25) is 0 Å². The molecule has 2 N–H and O–H groups in total. The summed E-state index contributed by atoms with van der Waals surface area (Å²) in [4.78, 5) is 19.3. The van der Waals surface area contributed by atoms with Gasteiger partial charge in [0.25, 0.3) is 0 Å². The predicted molar refractivity (Wildman–Crippen MR) is 64.0 cm³/mol. The molecule has 0 saturated heterocycles. The zero-order chi connectivity index (χ0) is 11.4. The van der Waals surface area contributed by atoms with Gasteiger partial charge in [0.15, 0.2) is 0 Å². The Labute approximate surface area is 102 Å². The van der Waals surface area contributed by atoms with Crippen molar-refractivity contribution >= 4 is 27.7 Å². The minimum atomic E-state index is 0.100. The zero-order valence-electron chi connectivity index (χ0n) is 8.74. The summed E-state index contributed by atoms with van der Waals surface area (Å²) >= 11 is 3.25. The Morgan fingerprint density at radius 1 is 1.50 bits per heavy atom. The van der Waals surface area contributed by atoms with Gasteiger partial charge in [-0.2, -0.15) is 0 Å². The van der Waals surface area contributed by atoms with Crippen molar-refractivity contribution in [3.05, 3.63) is 17.0 Å². The normalized spacial score (nSPS) is 14.6. The molecule has 0 atom stereocenters. The highest BCUT2D eigenvalue weighted by atomic mass is 79.9. The summed E-state index contributed by atoms with van der Waals surface area (Å²) in [7, 11) is 0. The molecule has 1 fully saturated rings. The highest BCUT2D eigenvalue weighted by Crippen LogP contribution is 2.18. The van der Waals surface area contributed by atoms with Crippen LogP contribution in [-0.4, -0.2) is 28.5 Å². The van der Waals surface area contributed by atoms with Crippen LogP contribution in [0.5, 0.6) is 0 Å². The first kappa shape index (κ1) is 11.3. The lowest BCUT2D eigenvalue weighted by atomic mass is 10.4. The molecule has 0 aromatic carbocycles. The number of nitrogens with zero attached hydrogens (tertiary/aromatic N) is 2. The van der Waals surface area contributed by atoms with Crippen molar-refractivity contribution in [2.45, 2.75) is 25.3 Å². The van der Waals surface area contributed by atoms with E-state index in [4.69, 9.17) is 0 Å². The molecule has 1 aromatic rings. The van der Waals surface area contributed by atoms with Crippen molar-refractivity contribution in [2.75, 3.05) is 11.9 Å². The fraction of sp³-hybridized carbons (Fsp3) is 0.500. The summed E-state index contributed by atoms with van der Waals surface area (Å²) in [6.45, 7) is 0.585. The molecule has 0 radical (unpaired) electrons. The first-order valence-electron chi connectivity index (χ1n) is 5.25. The van der Waals surface area contributed by atoms with Crippen LogP contribution in [0, 0.1) is 0 Å². The Morgan fingerprint density at radius 3 is 3.00 bits per heavy atom. The largest absolute Gasteiger partial charge is 0.369 e. The van der Waals surface area contributed by atoms with Crippen LogP contribution in [0.15, 0.2) is 17.0 Å². The van der Waals surface area contributed by atoms with Crippen molar-refractivity contribution in [3.8, 4) is 0 Å². The fourth-order valence-corrected chi connectivity index (χ4v) is 1.57. The molecule has 2 rings (SSSR count). The van der Waals surface area contributed by atoms with Crippen molar-refractivity contribution in [2.24, 2.45) is 0 Å². The van der Waals surface area contributed by atoms with Crippen LogP contribution in [-0.2, 0) is 4.79 Å². The van der Waals surface area contributed by atoms with Crippen LogP contribution >= 0.6 is 15.9 Å². The molecule has 1 aliphatic rings. The number of carbonyl (C=O) groups excluding carboxylic acids is 1. The highest BCUT2D eigenvalue weighted by molar-refractivity contribution is 9.10. The second-order valence-electron chi connectivity index (χ2n) is 3.74. The molecule has 0 spiro atoms. The number of amides is 1. The molecule has 5 nitrogen and oxygen atoms in total. The first-order chi connectivity index (χ1) is 7.74. The van der Waals surface area contributed by atoms with Gasteiger partial charge in [-0.15, -0.1) is 0 Å². The average Bonchev–Trinajstić information content (AvgIpc) is 3.02. The zero-order valence-corrected chi connectivity index (χ0v) is 10.3. The van der Waals surface area contributed by atoms with Gasteiger partial charge < -0.3 is 10.6 Å². The van der Waals surface area contributed by atoms with Crippen LogP contribution < -0.4 is 10.6 Å². The number of aromatic nitrogens is 2. The van der Waals surface area contributed by atoms with Gasteiger partial charge in [-0.1, -0.05) is 0 Å². The van der Waals surface area contributed by atoms with E-state index < -0.39 is 0 Å². The van der Waals surface area contributed by atoms with E-state index in [1.165, 1.54) is 6.33 Å². The first-order valence-corrected chi connectivity index (χ1v) is 6.04. The van der Waals surface area contributed by atoms with Crippen molar-refractivity contribution in [1.82, 2.24) is 15.3 Å². The maximum Gasteiger partial charge on any atom is 0.221 e. The van der Waals surface area contributed by atoms with Crippen molar-refractivity contribution < 1.29 is 4.79 Å². The van der Waals surface area contributed by atoms with Gasteiger partial charge in [-0.25, -0.2) is 9.97 Å². The second kappa shape index (κ2) is 5.25. The minimum absolute atomic E-state index is 0.100. The van der Waals surface area contributed by atoms with Crippen molar-refractivity contribution in [1.29, 1.82) is 0 Å². The van der Waals surface area contributed by atoms with E-state index in [0.29, 0.717) is 19.0 Å². The molecule has 0 unspecified atom stereocenters. The Hall–Kier alpha value is -1.17. The molecule has 1 aliphatic carbocycles. The number of anilines is 1. The fourth-order valence-electron chi connectivity index (χ4n) is 1.26. The quantitative estimate of drug-likeness (QED) is 0.801. The molecule has 1 heterocycles. The molecule has 1 aromatic heterocycles. The summed E-state index contributed by atoms with van der Waals surface area (Å²) in [5.41, 5.74) is 0. The number of carbonyl (C=O) groups is 1. The van der Waals surface area contributed by atoms with E-state index in [1.54, 1.807) is 6.07 Å². The third-order valence-electron chi connectivity index (χ3n) is 2.23. The van der Waals surface area contributed by atoms with E-state index in [9.17, 15) is 4.79 Å². The maximum atomic E-state index is 11.4. The molecule has 1 saturated carbocycles. The molecular formula is C10H13BrN4O. The minimum Gasteiger partial charge on any atom is -0.369 e. The highest BCUT2D eigenvalue weighted by Gasteiger charge is 2.22. The number of hydrogen-bond donors (Lipinski definition) is 2. The van der Waals surface area contributed by atoms with E-state index in [2.05, 4.69) is 36.5 Å². The standard InChI is InChI=1S/C10H13BrN4O/c11-8-5-9(14-6-13-8)12-4-3-10(16)15-7-1-2-7/h5-7H,1-4H2,(H,15,16)(H,12,13,14). The lowest BCUT2D eigenvalue weighted by Gasteiger charge is -2.05. The Balaban J connectivity index is 1.68. The molecule has 16 heavy (non-hydrogen) atoms. The summed E-state index contributed by atoms with van der Waals surface area (Å²) < 4.78 is 0.729. The molecule has 86 valence electrons. The molecule has 6 heteroatoms. The Kier molecular flexibility index (Phi) is 3.71. The summed E-state index contributed by atoms with van der Waals surface area (Å²) in [5, 5.41) is 6.00. The maximum absolute atomic E-state index is 11.4. The van der Waals surface area contributed by atoms with Crippen molar-refractivity contribution in [3.63, 3.8) is 0 Å². The van der Waals surface area contributed by atoms with Gasteiger partial charge in [0.2, 0.25) is 5.91 Å². The van der Waals surface area contributed by atoms with E-state index in [0.717, 1.165) is 23.3 Å². The van der Waals surface area contributed by atoms with E-state index in [1.807, 2.05) is 0 Å². The SMILES string of the molecule is O=C(CCNc1cc(Br)ncn1)NC1CC1. The van der Waals surface area contributed by atoms with Crippen LogP contribution in [0.4, 0.5) is 5.82 Å². The topological polar surface area (TPSA) is 66.9 Å². The lowest BCUT2D eigenvalue weighted by Crippen LogP contribution is -2.27. The molecule has 1 amide bonds. The average molecular weight is 285 g/mol. The molecular weight excluding hydrogens is 272 g/mol. The number of hydrogen-bond acceptors (Lipinski definition) is 4. The van der Waals surface area contributed by atoms with E-state index >= 15 is 0 Å². The monoisotopic (exact) mass is 284 g/mol. The van der Waals surface area contributed by atoms with Crippen LogP contribution in [0.1, 0.15) is 19.3 Å². The molecule has 0 aliphatic heterocycles. The third-order valence-corrected chi connectivity index (χ3v) is 2.67. The lowest BCUT2D eigenvalue weighted by molar-refractivity contribution is -0.120. The third kappa shape index (κ3) is 3.77. The van der Waals surface area contributed by atoms with E-state index in [-0.39, 0.29) is 5.91 Å². The smallest absolute Gasteiger partial charge is 0.221 e. The van der Waals surface area contributed by atoms with Gasteiger partial charge in [-0.3, -0.25) is 4.79 Å². The Bertz CT molecular complexity index is 381.